The molecule has 1 unspecified atom stereocenters. The van der Waals surface area contributed by atoms with Crippen LogP contribution in [0.5, 0.6) is 0 Å². The maximum Gasteiger partial charge on any atom is 0.241 e. The van der Waals surface area contributed by atoms with E-state index in [-0.39, 0.29) is 30.0 Å². The molecule has 0 bridgehead atoms. The Labute approximate surface area is 199 Å². The molecule has 0 aromatic carbocycles. The van der Waals surface area contributed by atoms with Gasteiger partial charge in [0.25, 0.3) is 0 Å². The average Bonchev–Trinajstić information content (AvgIpc) is 2.71. The number of ether oxygens (including phenoxy) is 2. The Hall–Kier alpha value is -1.25. The van der Waals surface area contributed by atoms with E-state index in [0.29, 0.717) is 32.1 Å². The van der Waals surface area contributed by atoms with Crippen LogP contribution < -0.4 is 5.73 Å². The highest BCUT2D eigenvalue weighted by Gasteiger charge is 2.54. The van der Waals surface area contributed by atoms with Crippen molar-refractivity contribution in [3.05, 3.63) is 23.8 Å². The smallest absolute Gasteiger partial charge is 0.241 e. The number of aliphatic hydroxyl groups is 3. The summed E-state index contributed by atoms with van der Waals surface area (Å²) in [6, 6.07) is 0. The van der Waals surface area contributed by atoms with E-state index in [1.165, 1.54) is 6.08 Å². The molecule has 2 heterocycles. The molecule has 0 aliphatic carbocycles. The molecular weight excluding hydrogens is 422 g/mol. The highest BCUT2D eigenvalue weighted by atomic mass is 16.7. The minimum Gasteiger partial charge on any atom is -0.393 e. The molecule has 9 atom stereocenters. The van der Waals surface area contributed by atoms with Crippen molar-refractivity contribution in [2.45, 2.75) is 116 Å². The van der Waals surface area contributed by atoms with Crippen molar-refractivity contribution in [2.75, 3.05) is 0 Å². The van der Waals surface area contributed by atoms with Crippen LogP contribution in [0, 0.1) is 17.8 Å². The summed E-state index contributed by atoms with van der Waals surface area (Å²) in [6.45, 7) is 11.7. The predicted molar refractivity (Wildman–Crippen MR) is 128 cm³/mol. The molecule has 2 rings (SSSR count). The van der Waals surface area contributed by atoms with Gasteiger partial charge in [0.1, 0.15) is 0 Å². The molecule has 0 aromatic rings. The molecule has 0 aromatic heterocycles. The third-order valence-electron chi connectivity index (χ3n) is 7.68. The summed E-state index contributed by atoms with van der Waals surface area (Å²) in [7, 11) is 0. The highest BCUT2D eigenvalue weighted by Crippen LogP contribution is 2.46. The number of carbonyl (C=O) groups excluding carboxylic acids is 1. The van der Waals surface area contributed by atoms with Gasteiger partial charge < -0.3 is 30.5 Å². The number of primary amides is 1. The van der Waals surface area contributed by atoms with Gasteiger partial charge in [0.05, 0.1) is 30.0 Å². The van der Waals surface area contributed by atoms with Crippen molar-refractivity contribution in [3.8, 4) is 0 Å². The Morgan fingerprint density at radius 3 is 2.45 bits per heavy atom. The lowest BCUT2D eigenvalue weighted by atomic mass is 9.76. The van der Waals surface area contributed by atoms with Gasteiger partial charge >= 0.3 is 0 Å². The third-order valence-corrected chi connectivity index (χ3v) is 7.68. The van der Waals surface area contributed by atoms with Crippen molar-refractivity contribution in [3.63, 3.8) is 0 Å². The first-order valence-corrected chi connectivity index (χ1v) is 12.4. The van der Waals surface area contributed by atoms with E-state index in [1.807, 2.05) is 47.6 Å². The lowest BCUT2D eigenvalue weighted by Crippen LogP contribution is -2.62. The van der Waals surface area contributed by atoms with Crippen molar-refractivity contribution < 1.29 is 29.6 Å². The lowest BCUT2D eigenvalue weighted by Gasteiger charge is -2.54. The zero-order valence-electron chi connectivity index (χ0n) is 21.2. The molecule has 7 nitrogen and oxygen atoms in total. The number of aliphatic hydroxyl groups excluding tert-OH is 2. The van der Waals surface area contributed by atoms with E-state index in [4.69, 9.17) is 15.2 Å². The number of hydrogen-bond donors (Lipinski definition) is 4. The summed E-state index contributed by atoms with van der Waals surface area (Å²) in [6.07, 6.45) is 6.81. The molecule has 190 valence electrons. The van der Waals surface area contributed by atoms with Crippen molar-refractivity contribution in [2.24, 2.45) is 23.5 Å². The van der Waals surface area contributed by atoms with Gasteiger partial charge in [0.15, 0.2) is 5.79 Å². The van der Waals surface area contributed by atoms with Crippen LogP contribution in [0.2, 0.25) is 0 Å². The van der Waals surface area contributed by atoms with E-state index >= 15 is 0 Å². The first-order valence-electron chi connectivity index (χ1n) is 12.4. The molecule has 1 amide bonds. The second-order valence-corrected chi connectivity index (χ2v) is 10.6. The van der Waals surface area contributed by atoms with E-state index < -0.39 is 29.5 Å². The number of nitrogens with two attached hydrogens (primary N) is 1. The summed E-state index contributed by atoms with van der Waals surface area (Å²) in [4.78, 5) is 10.9. The first-order chi connectivity index (χ1) is 15.3. The monoisotopic (exact) mass is 467 g/mol. The van der Waals surface area contributed by atoms with Gasteiger partial charge in [-0.1, -0.05) is 45.4 Å². The minimum absolute atomic E-state index is 0.000912. The largest absolute Gasteiger partial charge is 0.393 e. The van der Waals surface area contributed by atoms with Crippen LogP contribution in [0.4, 0.5) is 0 Å². The number of amides is 1. The zero-order valence-corrected chi connectivity index (χ0v) is 21.2. The lowest BCUT2D eigenvalue weighted by molar-refractivity contribution is -0.373. The molecule has 0 saturated carbocycles. The van der Waals surface area contributed by atoms with Crippen LogP contribution in [0.1, 0.15) is 80.1 Å². The van der Waals surface area contributed by atoms with Gasteiger partial charge in [-0.3, -0.25) is 4.79 Å². The van der Waals surface area contributed by atoms with Crippen LogP contribution in [-0.4, -0.2) is 57.0 Å². The average molecular weight is 468 g/mol. The first kappa shape index (κ1) is 28.0. The van der Waals surface area contributed by atoms with E-state index in [9.17, 15) is 20.1 Å². The van der Waals surface area contributed by atoms with Gasteiger partial charge in [-0.25, -0.2) is 0 Å². The molecule has 5 N–H and O–H groups in total. The molecule has 2 fully saturated rings. The summed E-state index contributed by atoms with van der Waals surface area (Å²) in [5.74, 6) is -1.76. The van der Waals surface area contributed by atoms with Gasteiger partial charge in [-0.15, -0.1) is 0 Å². The molecule has 33 heavy (non-hydrogen) atoms. The van der Waals surface area contributed by atoms with Crippen LogP contribution in [0.15, 0.2) is 23.8 Å². The number of rotatable bonds is 9. The Balaban J connectivity index is 2.03. The standard InChI is InChI=1S/C26H45NO6/c1-7-20(10-11-24(27)30)9-8-12-25(6,31)14-16(2)23-13-21(28)18(4)26(33-23)15-22(29)17(3)19(5)32-26/h9-11,16-19,21-23,28-29,31H,7-8,12-15H2,1-6H3,(H2,27,30)/b11-10+,20-9+/t16-,17+,18-,19+,21-,22+,23-,25?,26-/m0/s1. The maximum atomic E-state index is 11.0. The minimum atomic E-state index is -1.01. The van der Waals surface area contributed by atoms with Crippen LogP contribution in [0.25, 0.3) is 0 Å². The van der Waals surface area contributed by atoms with Crippen LogP contribution in [-0.2, 0) is 14.3 Å². The third kappa shape index (κ3) is 7.36. The Bertz CT molecular complexity index is 706. The van der Waals surface area contributed by atoms with E-state index in [0.717, 1.165) is 12.0 Å². The molecule has 2 saturated heterocycles. The molecule has 7 heteroatoms. The van der Waals surface area contributed by atoms with Gasteiger partial charge in [0, 0.05) is 30.8 Å². The Kier molecular flexibility index (Phi) is 9.71. The Morgan fingerprint density at radius 2 is 1.88 bits per heavy atom. The summed E-state index contributed by atoms with van der Waals surface area (Å²) < 4.78 is 12.8. The number of allylic oxidation sites excluding steroid dienone is 3. The second-order valence-electron chi connectivity index (χ2n) is 10.6. The Morgan fingerprint density at radius 1 is 1.21 bits per heavy atom. The normalized spacial score (nSPS) is 38.4. The SMILES string of the molecule is CCC(/C=C/C(N)=O)=C\CCC(C)(O)C[C@H](C)[C@@H]1C[C@H](O)[C@H](C)[C@]2(C[C@@H](O)[C@H](C)[C@@H](C)O2)O1. The van der Waals surface area contributed by atoms with E-state index in [2.05, 4.69) is 0 Å². The summed E-state index contributed by atoms with van der Waals surface area (Å²) in [5.41, 5.74) is 5.25. The topological polar surface area (TPSA) is 122 Å². The molecular formula is C26H45NO6. The van der Waals surface area contributed by atoms with Crippen molar-refractivity contribution in [1.29, 1.82) is 0 Å². The molecule has 2 aliphatic heterocycles. The van der Waals surface area contributed by atoms with Crippen molar-refractivity contribution in [1.82, 2.24) is 0 Å². The maximum absolute atomic E-state index is 11.0. The number of hydrogen-bond acceptors (Lipinski definition) is 6. The predicted octanol–water partition coefficient (Wildman–Crippen LogP) is 3.21. The summed E-state index contributed by atoms with van der Waals surface area (Å²) in [5, 5.41) is 32.5. The quantitative estimate of drug-likeness (QED) is 0.305. The number of carbonyl (C=O) groups is 1. The zero-order chi connectivity index (χ0) is 25.0. The fourth-order valence-corrected chi connectivity index (χ4v) is 5.14. The van der Waals surface area contributed by atoms with Gasteiger partial charge in [-0.2, -0.15) is 0 Å². The second kappa shape index (κ2) is 11.5. The van der Waals surface area contributed by atoms with Gasteiger partial charge in [-0.05, 0) is 45.4 Å². The van der Waals surface area contributed by atoms with Crippen LogP contribution in [0.3, 0.4) is 0 Å². The fraction of sp³-hybridized carbons (Fsp3) is 0.808. The van der Waals surface area contributed by atoms with E-state index in [1.54, 1.807) is 6.08 Å². The molecule has 1 spiro atoms. The van der Waals surface area contributed by atoms with Crippen molar-refractivity contribution >= 4 is 5.91 Å². The molecule has 2 aliphatic rings. The van der Waals surface area contributed by atoms with Crippen LogP contribution >= 0.6 is 0 Å². The van der Waals surface area contributed by atoms with Gasteiger partial charge in [0.2, 0.25) is 5.91 Å². The molecule has 0 radical (unpaired) electrons. The highest BCUT2D eigenvalue weighted by molar-refractivity contribution is 5.86. The fourth-order valence-electron chi connectivity index (χ4n) is 5.14. The summed E-state index contributed by atoms with van der Waals surface area (Å²) >= 11 is 0.